The highest BCUT2D eigenvalue weighted by molar-refractivity contribution is 6.66. The van der Waals surface area contributed by atoms with E-state index in [1.165, 1.54) is 18.9 Å². The molecule has 2 unspecified atom stereocenters. The van der Waals surface area contributed by atoms with E-state index in [1.807, 2.05) is 6.92 Å². The SMILES string of the molecule is CCO[Si]1(C)CCCC(C)O1. The normalized spacial score (nSPS) is 39.0. The van der Waals surface area contributed by atoms with Crippen molar-refractivity contribution in [3.05, 3.63) is 0 Å². The Hall–Kier alpha value is 0.137. The first-order valence-corrected chi connectivity index (χ1v) is 7.00. The lowest BCUT2D eigenvalue weighted by atomic mass is 10.2. The van der Waals surface area contributed by atoms with Gasteiger partial charge in [0.15, 0.2) is 0 Å². The minimum absolute atomic E-state index is 0.423. The first-order valence-electron chi connectivity index (χ1n) is 4.48. The van der Waals surface area contributed by atoms with Gasteiger partial charge in [-0.3, -0.25) is 0 Å². The average Bonchev–Trinajstić information content (AvgIpc) is 1.86. The van der Waals surface area contributed by atoms with Crippen LogP contribution in [0, 0.1) is 0 Å². The van der Waals surface area contributed by atoms with Crippen LogP contribution in [0.15, 0.2) is 0 Å². The Morgan fingerprint density at radius 2 is 2.36 bits per heavy atom. The highest BCUT2D eigenvalue weighted by Crippen LogP contribution is 2.26. The third-order valence-corrected chi connectivity index (χ3v) is 5.20. The maximum absolute atomic E-state index is 5.83. The summed E-state index contributed by atoms with van der Waals surface area (Å²) in [6.45, 7) is 7.16. The maximum atomic E-state index is 5.83. The molecular formula is C8H18O2Si. The van der Waals surface area contributed by atoms with Crippen LogP contribution in [0.25, 0.3) is 0 Å². The predicted octanol–water partition coefficient (Wildman–Crippen LogP) is 2.29. The van der Waals surface area contributed by atoms with Gasteiger partial charge < -0.3 is 8.85 Å². The van der Waals surface area contributed by atoms with Gasteiger partial charge in [0.25, 0.3) is 0 Å². The molecule has 0 saturated carbocycles. The molecule has 1 aliphatic heterocycles. The zero-order valence-corrected chi connectivity index (χ0v) is 8.72. The van der Waals surface area contributed by atoms with Gasteiger partial charge in [-0.1, -0.05) is 0 Å². The summed E-state index contributed by atoms with van der Waals surface area (Å²) in [6, 6.07) is 1.17. The molecule has 0 spiro atoms. The van der Waals surface area contributed by atoms with Crippen LogP contribution in [0.5, 0.6) is 0 Å². The van der Waals surface area contributed by atoms with Crippen LogP contribution in [0.4, 0.5) is 0 Å². The molecule has 0 aromatic carbocycles. The van der Waals surface area contributed by atoms with Gasteiger partial charge in [0, 0.05) is 12.7 Å². The molecule has 1 saturated heterocycles. The summed E-state index contributed by atoms with van der Waals surface area (Å²) in [4.78, 5) is 0. The van der Waals surface area contributed by atoms with Crippen molar-refractivity contribution in [1.82, 2.24) is 0 Å². The van der Waals surface area contributed by atoms with Crippen molar-refractivity contribution < 1.29 is 8.85 Å². The molecule has 0 amide bonds. The van der Waals surface area contributed by atoms with E-state index < -0.39 is 8.56 Å². The molecule has 11 heavy (non-hydrogen) atoms. The molecule has 2 nitrogen and oxygen atoms in total. The van der Waals surface area contributed by atoms with E-state index >= 15 is 0 Å². The van der Waals surface area contributed by atoms with Crippen molar-refractivity contribution in [2.75, 3.05) is 6.61 Å². The Kier molecular flexibility index (Phi) is 3.10. The smallest absolute Gasteiger partial charge is 0.335 e. The van der Waals surface area contributed by atoms with Crippen molar-refractivity contribution in [2.45, 2.75) is 45.4 Å². The van der Waals surface area contributed by atoms with Crippen LogP contribution in [0.3, 0.4) is 0 Å². The summed E-state index contributed by atoms with van der Waals surface area (Å²) >= 11 is 0. The van der Waals surface area contributed by atoms with Crippen molar-refractivity contribution in [3.8, 4) is 0 Å². The van der Waals surface area contributed by atoms with Crippen LogP contribution in [-0.2, 0) is 8.85 Å². The monoisotopic (exact) mass is 174 g/mol. The molecule has 0 bridgehead atoms. The van der Waals surface area contributed by atoms with Gasteiger partial charge >= 0.3 is 8.56 Å². The van der Waals surface area contributed by atoms with Crippen LogP contribution in [-0.4, -0.2) is 21.3 Å². The predicted molar refractivity (Wildman–Crippen MR) is 47.8 cm³/mol. The summed E-state index contributed by atoms with van der Waals surface area (Å²) in [5.41, 5.74) is 0. The maximum Gasteiger partial charge on any atom is 0.335 e. The molecule has 3 heteroatoms. The van der Waals surface area contributed by atoms with Crippen molar-refractivity contribution in [1.29, 1.82) is 0 Å². The van der Waals surface area contributed by atoms with Crippen molar-refractivity contribution in [3.63, 3.8) is 0 Å². The van der Waals surface area contributed by atoms with Gasteiger partial charge in [0.05, 0.1) is 0 Å². The van der Waals surface area contributed by atoms with Crippen molar-refractivity contribution in [2.24, 2.45) is 0 Å². The molecule has 66 valence electrons. The van der Waals surface area contributed by atoms with Gasteiger partial charge in [-0.25, -0.2) is 0 Å². The van der Waals surface area contributed by atoms with E-state index in [1.54, 1.807) is 0 Å². The minimum atomic E-state index is -1.70. The number of hydrogen-bond donors (Lipinski definition) is 0. The van der Waals surface area contributed by atoms with Crippen LogP contribution in [0.2, 0.25) is 12.6 Å². The molecule has 1 fully saturated rings. The van der Waals surface area contributed by atoms with Crippen LogP contribution < -0.4 is 0 Å². The number of hydrogen-bond acceptors (Lipinski definition) is 2. The van der Waals surface area contributed by atoms with Gasteiger partial charge in [-0.15, -0.1) is 0 Å². The lowest BCUT2D eigenvalue weighted by Crippen LogP contribution is -2.44. The van der Waals surface area contributed by atoms with Crippen LogP contribution >= 0.6 is 0 Å². The Bertz CT molecular complexity index is 125. The van der Waals surface area contributed by atoms with Gasteiger partial charge in [-0.05, 0) is 39.3 Å². The summed E-state index contributed by atoms with van der Waals surface area (Å²) in [6.07, 6.45) is 2.91. The molecule has 1 aliphatic rings. The van der Waals surface area contributed by atoms with E-state index in [0.29, 0.717) is 6.10 Å². The molecule has 1 heterocycles. The van der Waals surface area contributed by atoms with E-state index in [9.17, 15) is 0 Å². The molecule has 0 aromatic heterocycles. The Labute approximate surface area is 70.1 Å². The highest BCUT2D eigenvalue weighted by Gasteiger charge is 2.35. The van der Waals surface area contributed by atoms with Gasteiger partial charge in [0.2, 0.25) is 0 Å². The zero-order chi connectivity index (χ0) is 8.32. The topological polar surface area (TPSA) is 18.5 Å². The molecule has 0 aromatic rings. The first kappa shape index (κ1) is 9.23. The fraction of sp³-hybridized carbons (Fsp3) is 1.00. The summed E-state index contributed by atoms with van der Waals surface area (Å²) in [5, 5.41) is 0. The number of rotatable bonds is 2. The summed E-state index contributed by atoms with van der Waals surface area (Å²) in [7, 11) is -1.70. The highest BCUT2D eigenvalue weighted by atomic mass is 28.4. The largest absolute Gasteiger partial charge is 0.395 e. The second kappa shape index (κ2) is 3.69. The minimum Gasteiger partial charge on any atom is -0.395 e. The molecule has 0 aliphatic carbocycles. The Morgan fingerprint density at radius 1 is 1.64 bits per heavy atom. The molecule has 0 radical (unpaired) electrons. The fourth-order valence-electron chi connectivity index (χ4n) is 1.67. The van der Waals surface area contributed by atoms with E-state index in [2.05, 4.69) is 13.5 Å². The lowest BCUT2D eigenvalue weighted by molar-refractivity contribution is 0.106. The molecular weight excluding hydrogens is 156 g/mol. The van der Waals surface area contributed by atoms with Crippen LogP contribution in [0.1, 0.15) is 26.7 Å². The molecule has 0 N–H and O–H groups in total. The van der Waals surface area contributed by atoms with E-state index in [4.69, 9.17) is 8.85 Å². The first-order chi connectivity index (χ1) is 5.16. The molecule has 2 atom stereocenters. The lowest BCUT2D eigenvalue weighted by Gasteiger charge is -2.34. The third-order valence-electron chi connectivity index (χ3n) is 2.14. The second-order valence-corrected chi connectivity index (χ2v) is 6.68. The van der Waals surface area contributed by atoms with Crippen molar-refractivity contribution >= 4 is 8.56 Å². The third kappa shape index (κ3) is 2.58. The van der Waals surface area contributed by atoms with E-state index in [-0.39, 0.29) is 0 Å². The molecule has 1 rings (SSSR count). The second-order valence-electron chi connectivity index (χ2n) is 3.39. The average molecular weight is 174 g/mol. The van der Waals surface area contributed by atoms with E-state index in [0.717, 1.165) is 6.61 Å². The fourth-order valence-corrected chi connectivity index (χ4v) is 4.42. The van der Waals surface area contributed by atoms with Gasteiger partial charge in [-0.2, -0.15) is 0 Å². The quantitative estimate of drug-likeness (QED) is 0.598. The zero-order valence-electron chi connectivity index (χ0n) is 7.72. The standard InChI is InChI=1S/C8H18O2Si/c1-4-9-11(3)7-5-6-8(2)10-11/h8H,4-7H2,1-3H3. The Balaban J connectivity index is 2.41. The van der Waals surface area contributed by atoms with Gasteiger partial charge in [0.1, 0.15) is 0 Å². The summed E-state index contributed by atoms with van der Waals surface area (Å²) < 4.78 is 11.5. The summed E-state index contributed by atoms with van der Waals surface area (Å²) in [5.74, 6) is 0. The Morgan fingerprint density at radius 3 is 2.91 bits per heavy atom.